The zero-order chi connectivity index (χ0) is 15.1. The van der Waals surface area contributed by atoms with Gasteiger partial charge in [0, 0.05) is 6.42 Å². The van der Waals surface area contributed by atoms with Crippen LogP contribution in [0.15, 0.2) is 0 Å². The number of carboxylic acids is 1. The minimum atomic E-state index is -0.659. The Bertz CT molecular complexity index is 219. The number of carboxylic acid groups (broad SMARTS) is 1. The van der Waals surface area contributed by atoms with E-state index < -0.39 is 5.97 Å². The summed E-state index contributed by atoms with van der Waals surface area (Å²) < 4.78 is 0. The summed E-state index contributed by atoms with van der Waals surface area (Å²) in [6.45, 7) is 3.00. The fourth-order valence-corrected chi connectivity index (χ4v) is 2.73. The smallest absolute Gasteiger partial charge is 0.303 e. The van der Waals surface area contributed by atoms with Gasteiger partial charge in [0.15, 0.2) is 0 Å². The zero-order valence-electron chi connectivity index (χ0n) is 13.4. The summed E-state index contributed by atoms with van der Waals surface area (Å²) in [5.74, 6) is -0.0679. The first-order chi connectivity index (χ1) is 9.70. The van der Waals surface area contributed by atoms with Crippen molar-refractivity contribution in [2.24, 2.45) is 11.7 Å². The number of nitrogens with two attached hydrogens (primary N) is 1. The molecule has 0 aliphatic heterocycles. The van der Waals surface area contributed by atoms with E-state index in [0.717, 1.165) is 32.2 Å². The Morgan fingerprint density at radius 2 is 1.45 bits per heavy atom. The molecule has 0 aromatic heterocycles. The summed E-state index contributed by atoms with van der Waals surface area (Å²) in [4.78, 5) is 10.7. The molecule has 0 radical (unpaired) electrons. The van der Waals surface area contributed by atoms with Crippen LogP contribution < -0.4 is 5.73 Å². The lowest BCUT2D eigenvalue weighted by Crippen LogP contribution is -2.06. The molecule has 0 aliphatic rings. The van der Waals surface area contributed by atoms with Crippen LogP contribution >= 0.6 is 0 Å². The van der Waals surface area contributed by atoms with Gasteiger partial charge >= 0.3 is 5.97 Å². The molecule has 0 aliphatic carbocycles. The average Bonchev–Trinajstić information content (AvgIpc) is 2.43. The molecule has 0 rings (SSSR count). The molecule has 0 heterocycles. The number of hydrogen-bond donors (Lipinski definition) is 2. The second kappa shape index (κ2) is 14.8. The number of unbranched alkanes of at least 4 members (excludes halogenated alkanes) is 7. The van der Waals surface area contributed by atoms with Crippen molar-refractivity contribution in [3.8, 4) is 0 Å². The van der Waals surface area contributed by atoms with Crippen molar-refractivity contribution in [3.05, 3.63) is 0 Å². The van der Waals surface area contributed by atoms with Gasteiger partial charge in [-0.1, -0.05) is 71.1 Å². The third kappa shape index (κ3) is 13.9. The third-order valence-electron chi connectivity index (χ3n) is 4.05. The monoisotopic (exact) mass is 285 g/mol. The van der Waals surface area contributed by atoms with Crippen LogP contribution in [-0.2, 0) is 4.79 Å². The van der Waals surface area contributed by atoms with Crippen LogP contribution in [-0.4, -0.2) is 17.6 Å². The molecule has 0 aromatic carbocycles. The van der Waals surface area contributed by atoms with Crippen molar-refractivity contribution < 1.29 is 9.90 Å². The molecule has 20 heavy (non-hydrogen) atoms. The quantitative estimate of drug-likeness (QED) is 0.427. The number of carbonyl (C=O) groups is 1. The first kappa shape index (κ1) is 19.4. The molecule has 0 aromatic rings. The van der Waals surface area contributed by atoms with Crippen molar-refractivity contribution in [1.29, 1.82) is 0 Å². The highest BCUT2D eigenvalue weighted by atomic mass is 16.4. The van der Waals surface area contributed by atoms with Gasteiger partial charge in [-0.05, 0) is 25.3 Å². The van der Waals surface area contributed by atoms with Crippen LogP contribution in [0.1, 0.15) is 90.4 Å². The summed E-state index contributed by atoms with van der Waals surface area (Å²) in [5.41, 5.74) is 5.52. The van der Waals surface area contributed by atoms with Crippen LogP contribution in [0.3, 0.4) is 0 Å². The third-order valence-corrected chi connectivity index (χ3v) is 4.05. The number of aliphatic carboxylic acids is 1. The molecule has 0 saturated carbocycles. The van der Waals surface area contributed by atoms with E-state index in [2.05, 4.69) is 6.92 Å². The van der Waals surface area contributed by atoms with E-state index in [4.69, 9.17) is 10.8 Å². The highest BCUT2D eigenvalue weighted by Gasteiger charge is 2.10. The molecule has 3 N–H and O–H groups in total. The van der Waals surface area contributed by atoms with Crippen molar-refractivity contribution in [2.45, 2.75) is 90.4 Å². The predicted octanol–water partition coefficient (Wildman–Crippen LogP) is 4.74. The zero-order valence-corrected chi connectivity index (χ0v) is 13.4. The lowest BCUT2D eigenvalue weighted by molar-refractivity contribution is -0.137. The van der Waals surface area contributed by atoms with E-state index >= 15 is 0 Å². The largest absolute Gasteiger partial charge is 0.481 e. The van der Waals surface area contributed by atoms with Crippen LogP contribution in [0.25, 0.3) is 0 Å². The van der Waals surface area contributed by atoms with Gasteiger partial charge in [0.25, 0.3) is 0 Å². The van der Waals surface area contributed by atoms with Crippen LogP contribution in [0.5, 0.6) is 0 Å². The number of rotatable bonds is 15. The lowest BCUT2D eigenvalue weighted by Gasteiger charge is -2.15. The highest BCUT2D eigenvalue weighted by Crippen LogP contribution is 2.22. The molecule has 120 valence electrons. The Morgan fingerprint density at radius 3 is 2.00 bits per heavy atom. The molecule has 3 nitrogen and oxygen atoms in total. The van der Waals surface area contributed by atoms with Crippen molar-refractivity contribution in [2.75, 3.05) is 6.54 Å². The molecule has 0 amide bonds. The molecular weight excluding hydrogens is 250 g/mol. The van der Waals surface area contributed by atoms with Gasteiger partial charge in [0.2, 0.25) is 0 Å². The molecule has 1 unspecified atom stereocenters. The van der Waals surface area contributed by atoms with E-state index in [1.165, 1.54) is 51.4 Å². The Balaban J connectivity index is 3.64. The van der Waals surface area contributed by atoms with E-state index in [9.17, 15) is 4.79 Å². The maximum atomic E-state index is 10.7. The summed E-state index contributed by atoms with van der Waals surface area (Å²) in [6.07, 6.45) is 15.1. The molecule has 0 bridgehead atoms. The molecule has 0 fully saturated rings. The molecule has 0 spiro atoms. The maximum absolute atomic E-state index is 10.7. The van der Waals surface area contributed by atoms with Crippen LogP contribution in [0.2, 0.25) is 0 Å². The SMILES string of the molecule is CCCCCCCCCC(CCCCN)CCC(=O)O. The maximum Gasteiger partial charge on any atom is 0.303 e. The van der Waals surface area contributed by atoms with Crippen molar-refractivity contribution >= 4 is 5.97 Å². The Kier molecular flexibility index (Phi) is 14.4. The fraction of sp³-hybridized carbons (Fsp3) is 0.941. The first-order valence-corrected chi connectivity index (χ1v) is 8.62. The lowest BCUT2D eigenvalue weighted by atomic mass is 9.91. The van der Waals surface area contributed by atoms with Gasteiger partial charge in [0.1, 0.15) is 0 Å². The van der Waals surface area contributed by atoms with Crippen LogP contribution in [0, 0.1) is 5.92 Å². The molecule has 1 atom stereocenters. The Morgan fingerprint density at radius 1 is 0.900 bits per heavy atom. The normalized spacial score (nSPS) is 12.5. The second-order valence-corrected chi connectivity index (χ2v) is 5.99. The second-order valence-electron chi connectivity index (χ2n) is 5.99. The van der Waals surface area contributed by atoms with Gasteiger partial charge < -0.3 is 10.8 Å². The van der Waals surface area contributed by atoms with Gasteiger partial charge in [0.05, 0.1) is 0 Å². The van der Waals surface area contributed by atoms with Gasteiger partial charge in [-0.25, -0.2) is 0 Å². The van der Waals surface area contributed by atoms with Gasteiger partial charge in [-0.2, -0.15) is 0 Å². The topological polar surface area (TPSA) is 63.3 Å². The number of hydrogen-bond acceptors (Lipinski definition) is 2. The van der Waals surface area contributed by atoms with Crippen molar-refractivity contribution in [3.63, 3.8) is 0 Å². The summed E-state index contributed by atoms with van der Waals surface area (Å²) in [6, 6.07) is 0. The molecular formula is C17H35NO2. The summed E-state index contributed by atoms with van der Waals surface area (Å²) in [7, 11) is 0. The minimum absolute atomic E-state index is 0.323. The molecule has 3 heteroatoms. The summed E-state index contributed by atoms with van der Waals surface area (Å²) >= 11 is 0. The Hall–Kier alpha value is -0.570. The average molecular weight is 285 g/mol. The van der Waals surface area contributed by atoms with Crippen molar-refractivity contribution in [1.82, 2.24) is 0 Å². The van der Waals surface area contributed by atoms with Gasteiger partial charge in [-0.15, -0.1) is 0 Å². The Labute approximate surface area is 125 Å². The predicted molar refractivity (Wildman–Crippen MR) is 85.9 cm³/mol. The van der Waals surface area contributed by atoms with E-state index in [1.807, 2.05) is 0 Å². The highest BCUT2D eigenvalue weighted by molar-refractivity contribution is 5.66. The van der Waals surface area contributed by atoms with Gasteiger partial charge in [-0.3, -0.25) is 4.79 Å². The fourth-order valence-electron chi connectivity index (χ4n) is 2.73. The molecule has 0 saturated heterocycles. The minimum Gasteiger partial charge on any atom is -0.481 e. The van der Waals surface area contributed by atoms with E-state index in [0.29, 0.717) is 12.3 Å². The first-order valence-electron chi connectivity index (χ1n) is 8.62. The summed E-state index contributed by atoms with van der Waals surface area (Å²) in [5, 5.41) is 8.81. The standard InChI is InChI=1S/C17H35NO2/c1-2-3-4-5-6-7-8-11-16(12-9-10-15-18)13-14-17(19)20/h16H,2-15,18H2,1H3,(H,19,20). The van der Waals surface area contributed by atoms with Crippen LogP contribution in [0.4, 0.5) is 0 Å². The van der Waals surface area contributed by atoms with E-state index in [1.54, 1.807) is 0 Å². The van der Waals surface area contributed by atoms with E-state index in [-0.39, 0.29) is 0 Å².